The molecule has 1 N–H and O–H groups in total. The molecule has 3 aliphatic rings. The number of amides is 1. The van der Waals surface area contributed by atoms with Gasteiger partial charge in [0.05, 0.1) is 22.9 Å². The predicted octanol–water partition coefficient (Wildman–Crippen LogP) is 1.55. The van der Waals surface area contributed by atoms with Crippen LogP contribution in [0.4, 0.5) is 5.69 Å². The number of anilines is 1. The number of carbonyl (C=O) groups excluding carboxylic acids is 2. The summed E-state index contributed by atoms with van der Waals surface area (Å²) in [6, 6.07) is 12.4. The van der Waals surface area contributed by atoms with Gasteiger partial charge in [-0.3, -0.25) is 19.1 Å². The molecule has 4 heterocycles. The topological polar surface area (TPSA) is 105 Å². The summed E-state index contributed by atoms with van der Waals surface area (Å²) in [5.74, 6) is -0.878. The summed E-state index contributed by atoms with van der Waals surface area (Å²) >= 11 is 0. The highest BCUT2D eigenvalue weighted by Crippen LogP contribution is 2.56. The van der Waals surface area contributed by atoms with Gasteiger partial charge in [0.2, 0.25) is 5.91 Å². The maximum Gasteiger partial charge on any atom is 0.330 e. The van der Waals surface area contributed by atoms with Crippen molar-refractivity contribution in [3.8, 4) is 0 Å². The van der Waals surface area contributed by atoms with Crippen molar-refractivity contribution in [2.75, 3.05) is 4.90 Å². The Bertz CT molecular complexity index is 1340. The van der Waals surface area contributed by atoms with E-state index in [2.05, 4.69) is 4.98 Å². The lowest BCUT2D eigenvalue weighted by atomic mass is 9.88. The molecule has 0 aliphatic carbocycles. The van der Waals surface area contributed by atoms with Crippen LogP contribution in [0.5, 0.6) is 0 Å². The van der Waals surface area contributed by atoms with Crippen molar-refractivity contribution in [1.82, 2.24) is 14.6 Å². The summed E-state index contributed by atoms with van der Waals surface area (Å²) in [7, 11) is 0. The van der Waals surface area contributed by atoms with Gasteiger partial charge < -0.3 is 9.94 Å². The number of hydroxylamine groups is 2. The van der Waals surface area contributed by atoms with Crippen molar-refractivity contribution in [1.29, 1.82) is 0 Å². The summed E-state index contributed by atoms with van der Waals surface area (Å²) in [6.07, 6.45) is 0.541. The lowest BCUT2D eigenvalue weighted by Crippen LogP contribution is -2.49. The molecule has 0 radical (unpaired) electrons. The third kappa shape index (κ3) is 2.16. The van der Waals surface area contributed by atoms with Crippen LogP contribution in [0, 0.1) is 0 Å². The molecule has 3 aromatic rings. The van der Waals surface area contributed by atoms with Crippen molar-refractivity contribution in [3.05, 3.63) is 70.8 Å². The molecule has 0 bridgehead atoms. The van der Waals surface area contributed by atoms with E-state index in [4.69, 9.17) is 4.74 Å². The highest BCUT2D eigenvalue weighted by molar-refractivity contribution is 6.02. The second-order valence-electron chi connectivity index (χ2n) is 8.16. The number of fused-ring (bicyclic) bond motifs is 6. The van der Waals surface area contributed by atoms with Crippen LogP contribution in [0.25, 0.3) is 10.9 Å². The first-order valence-corrected chi connectivity index (χ1v) is 10.0. The molecule has 9 heteroatoms. The molecular formula is C22H18N4O5. The first-order chi connectivity index (χ1) is 14.9. The Labute approximate surface area is 176 Å². The van der Waals surface area contributed by atoms with Gasteiger partial charge in [-0.05, 0) is 25.1 Å². The SMILES string of the molecule is CC1C(=O)N2c3ccccc3C3(CC(n4cnc5ccccc5c4=O)C(=O)O3)C2N1O. The quantitative estimate of drug-likeness (QED) is 0.598. The molecule has 2 aromatic carbocycles. The molecule has 9 nitrogen and oxygen atoms in total. The van der Waals surface area contributed by atoms with Crippen LogP contribution in [-0.2, 0) is 19.9 Å². The highest BCUT2D eigenvalue weighted by atomic mass is 16.6. The Morgan fingerprint density at radius 2 is 1.84 bits per heavy atom. The van der Waals surface area contributed by atoms with Crippen LogP contribution in [0.3, 0.4) is 0 Å². The van der Waals surface area contributed by atoms with Gasteiger partial charge in [-0.1, -0.05) is 30.3 Å². The Hall–Kier alpha value is -3.56. The molecule has 4 unspecified atom stereocenters. The Balaban J connectivity index is 1.51. The summed E-state index contributed by atoms with van der Waals surface area (Å²) in [4.78, 5) is 44.8. The van der Waals surface area contributed by atoms with Gasteiger partial charge in [0.25, 0.3) is 5.56 Å². The number of rotatable bonds is 1. The van der Waals surface area contributed by atoms with E-state index in [9.17, 15) is 19.6 Å². The first-order valence-electron chi connectivity index (χ1n) is 10.0. The van der Waals surface area contributed by atoms with Gasteiger partial charge in [0, 0.05) is 12.0 Å². The minimum Gasteiger partial charge on any atom is -0.449 e. The summed E-state index contributed by atoms with van der Waals surface area (Å²) in [6.45, 7) is 1.60. The van der Waals surface area contributed by atoms with Crippen LogP contribution in [0.2, 0.25) is 0 Å². The molecule has 6 rings (SSSR count). The molecule has 1 spiro atoms. The van der Waals surface area contributed by atoms with Crippen molar-refractivity contribution < 1.29 is 19.5 Å². The van der Waals surface area contributed by atoms with Crippen LogP contribution >= 0.6 is 0 Å². The lowest BCUT2D eigenvalue weighted by molar-refractivity contribution is -0.190. The van der Waals surface area contributed by atoms with Crippen LogP contribution in [0.15, 0.2) is 59.7 Å². The number of esters is 1. The van der Waals surface area contributed by atoms with Gasteiger partial charge in [0.1, 0.15) is 12.1 Å². The molecule has 3 aliphatic heterocycles. The number of nitrogens with zero attached hydrogens (tertiary/aromatic N) is 4. The molecule has 4 atom stereocenters. The molecule has 1 aromatic heterocycles. The minimum absolute atomic E-state index is 0.0843. The number of hydrogen-bond donors (Lipinski definition) is 1. The number of carbonyl (C=O) groups is 2. The van der Waals surface area contributed by atoms with E-state index in [1.807, 2.05) is 0 Å². The van der Waals surface area contributed by atoms with E-state index in [0.717, 1.165) is 5.06 Å². The van der Waals surface area contributed by atoms with E-state index in [1.54, 1.807) is 55.5 Å². The van der Waals surface area contributed by atoms with Crippen molar-refractivity contribution >= 4 is 28.5 Å². The minimum atomic E-state index is -1.29. The van der Waals surface area contributed by atoms with Crippen molar-refractivity contribution in [2.24, 2.45) is 0 Å². The zero-order valence-corrected chi connectivity index (χ0v) is 16.5. The van der Waals surface area contributed by atoms with Crippen LogP contribution in [-0.4, -0.2) is 43.9 Å². The molecule has 2 fully saturated rings. The highest BCUT2D eigenvalue weighted by Gasteiger charge is 2.67. The third-order valence-corrected chi connectivity index (χ3v) is 6.60. The molecule has 1 amide bonds. The second-order valence-corrected chi connectivity index (χ2v) is 8.16. The zero-order chi connectivity index (χ0) is 21.5. The molecule has 156 valence electrons. The van der Waals surface area contributed by atoms with Gasteiger partial charge in [0.15, 0.2) is 11.8 Å². The number of ether oxygens (including phenoxy) is 1. The van der Waals surface area contributed by atoms with E-state index >= 15 is 0 Å². The number of aromatic nitrogens is 2. The maximum absolute atomic E-state index is 13.1. The average molecular weight is 418 g/mol. The fourth-order valence-electron chi connectivity index (χ4n) is 5.12. The largest absolute Gasteiger partial charge is 0.449 e. The number of benzene rings is 2. The number of para-hydroxylation sites is 2. The average Bonchev–Trinajstić information content (AvgIpc) is 3.35. The van der Waals surface area contributed by atoms with E-state index < -0.39 is 29.8 Å². The first kappa shape index (κ1) is 18.2. The normalized spacial score (nSPS) is 29.6. The summed E-state index contributed by atoms with van der Waals surface area (Å²) in [5, 5.41) is 12.1. The Morgan fingerprint density at radius 3 is 2.68 bits per heavy atom. The van der Waals surface area contributed by atoms with Gasteiger partial charge in [-0.2, -0.15) is 5.06 Å². The van der Waals surface area contributed by atoms with E-state index in [-0.39, 0.29) is 17.9 Å². The second kappa shape index (κ2) is 5.99. The van der Waals surface area contributed by atoms with Gasteiger partial charge in [-0.25, -0.2) is 9.78 Å². The molecule has 31 heavy (non-hydrogen) atoms. The van der Waals surface area contributed by atoms with Gasteiger partial charge in [-0.15, -0.1) is 0 Å². The monoisotopic (exact) mass is 418 g/mol. The van der Waals surface area contributed by atoms with Crippen molar-refractivity contribution in [2.45, 2.75) is 37.2 Å². The molecule has 2 saturated heterocycles. The maximum atomic E-state index is 13.1. The van der Waals surface area contributed by atoms with Crippen LogP contribution < -0.4 is 10.5 Å². The third-order valence-electron chi connectivity index (χ3n) is 6.60. The molecule has 0 saturated carbocycles. The zero-order valence-electron chi connectivity index (χ0n) is 16.5. The van der Waals surface area contributed by atoms with Crippen LogP contribution in [0.1, 0.15) is 24.9 Å². The number of hydrogen-bond acceptors (Lipinski definition) is 7. The predicted molar refractivity (Wildman–Crippen MR) is 108 cm³/mol. The standard InChI is InChI=1S/C22H18N4O5/c1-12-18(27)25-16-9-5-3-7-14(16)22(21(25)26(12)30)10-17(20(29)31-22)24-11-23-15-8-4-2-6-13(15)19(24)28/h2-9,11-12,17,21,30H,10H2,1H3. The lowest BCUT2D eigenvalue weighted by Gasteiger charge is -2.33. The fraction of sp³-hybridized carbons (Fsp3) is 0.273. The fourth-order valence-corrected chi connectivity index (χ4v) is 5.12. The summed E-state index contributed by atoms with van der Waals surface area (Å²) < 4.78 is 7.21. The molecular weight excluding hydrogens is 400 g/mol. The van der Waals surface area contributed by atoms with E-state index in [0.29, 0.717) is 22.2 Å². The van der Waals surface area contributed by atoms with E-state index in [1.165, 1.54) is 15.8 Å². The van der Waals surface area contributed by atoms with Gasteiger partial charge >= 0.3 is 5.97 Å². The Morgan fingerprint density at radius 1 is 1.10 bits per heavy atom. The Kier molecular flexibility index (Phi) is 3.52. The smallest absolute Gasteiger partial charge is 0.330 e. The van der Waals surface area contributed by atoms with Crippen molar-refractivity contribution in [3.63, 3.8) is 0 Å². The summed E-state index contributed by atoms with van der Waals surface area (Å²) in [5.41, 5.74) is 0.136.